The highest BCUT2D eigenvalue weighted by atomic mass is 32.1. The van der Waals surface area contributed by atoms with Crippen LogP contribution in [0.15, 0.2) is 72.8 Å². The van der Waals surface area contributed by atoms with Crippen molar-refractivity contribution >= 4 is 46.2 Å². The van der Waals surface area contributed by atoms with E-state index >= 15 is 0 Å². The Hall–Kier alpha value is -4.22. The Morgan fingerprint density at radius 1 is 0.909 bits per heavy atom. The lowest BCUT2D eigenvalue weighted by Gasteiger charge is -2.36. The van der Waals surface area contributed by atoms with E-state index in [2.05, 4.69) is 15.1 Å². The second kappa shape index (κ2) is 14.5. The van der Waals surface area contributed by atoms with Gasteiger partial charge < -0.3 is 24.6 Å². The Kier molecular flexibility index (Phi) is 10.3. The first-order valence-electron chi connectivity index (χ1n) is 14.9. The van der Waals surface area contributed by atoms with E-state index in [1.807, 2.05) is 48.2 Å². The van der Waals surface area contributed by atoms with Gasteiger partial charge in [-0.05, 0) is 105 Å². The van der Waals surface area contributed by atoms with Crippen molar-refractivity contribution in [2.24, 2.45) is 0 Å². The number of amides is 2. The van der Waals surface area contributed by atoms with Gasteiger partial charge in [-0.15, -0.1) is 0 Å². The quantitative estimate of drug-likeness (QED) is 0.291. The molecular formula is C33H38FN5O4S. The lowest BCUT2D eigenvalue weighted by atomic mass is 10.1. The van der Waals surface area contributed by atoms with Crippen molar-refractivity contribution in [3.8, 4) is 11.5 Å². The molecule has 0 unspecified atom stereocenters. The normalized spacial score (nSPS) is 17.2. The topological polar surface area (TPSA) is 77.6 Å². The van der Waals surface area contributed by atoms with Gasteiger partial charge in [-0.25, -0.2) is 4.39 Å². The molecule has 2 aliphatic heterocycles. The summed E-state index contributed by atoms with van der Waals surface area (Å²) in [6, 6.07) is 20.2. The molecule has 11 heteroatoms. The van der Waals surface area contributed by atoms with E-state index in [4.69, 9.17) is 21.7 Å². The average Bonchev–Trinajstić information content (AvgIpc) is 3.26. The summed E-state index contributed by atoms with van der Waals surface area (Å²) in [7, 11) is 1.58. The highest BCUT2D eigenvalue weighted by molar-refractivity contribution is 7.80. The maximum atomic E-state index is 13.8. The van der Waals surface area contributed by atoms with E-state index in [-0.39, 0.29) is 24.1 Å². The summed E-state index contributed by atoms with van der Waals surface area (Å²) in [6.45, 7) is 7.30. The number of carbonyl (C=O) groups is 2. The smallest absolute Gasteiger partial charge is 0.256 e. The van der Waals surface area contributed by atoms with Gasteiger partial charge in [0.1, 0.15) is 23.4 Å². The van der Waals surface area contributed by atoms with Gasteiger partial charge in [0, 0.05) is 44.1 Å². The first-order chi connectivity index (χ1) is 21.4. The Labute approximate surface area is 263 Å². The fraction of sp³-hybridized carbons (Fsp3) is 0.364. The van der Waals surface area contributed by atoms with Crippen molar-refractivity contribution in [1.82, 2.24) is 9.80 Å². The first kappa shape index (κ1) is 31.2. The maximum Gasteiger partial charge on any atom is 0.256 e. The molecule has 0 spiro atoms. The largest absolute Gasteiger partial charge is 0.497 e. The predicted molar refractivity (Wildman–Crippen MR) is 174 cm³/mol. The van der Waals surface area contributed by atoms with Crippen LogP contribution in [0.25, 0.3) is 0 Å². The molecule has 232 valence electrons. The van der Waals surface area contributed by atoms with Crippen LogP contribution in [0.4, 0.5) is 21.5 Å². The molecular weight excluding hydrogens is 581 g/mol. The number of ether oxygens (including phenoxy) is 2. The monoisotopic (exact) mass is 619 g/mol. The summed E-state index contributed by atoms with van der Waals surface area (Å²) < 4.78 is 24.1. The van der Waals surface area contributed by atoms with Crippen LogP contribution >= 0.6 is 12.2 Å². The lowest BCUT2D eigenvalue weighted by molar-refractivity contribution is -0.124. The maximum absolute atomic E-state index is 13.8. The molecule has 3 aromatic rings. The van der Waals surface area contributed by atoms with Crippen molar-refractivity contribution in [3.05, 3.63) is 78.6 Å². The zero-order valence-corrected chi connectivity index (χ0v) is 25.9. The molecule has 2 heterocycles. The van der Waals surface area contributed by atoms with Gasteiger partial charge in [0.25, 0.3) is 5.91 Å². The number of halogens is 1. The van der Waals surface area contributed by atoms with Crippen molar-refractivity contribution in [1.29, 1.82) is 0 Å². The number of nitrogens with zero attached hydrogens (tertiary/aromatic N) is 4. The molecule has 1 N–H and O–H groups in total. The molecule has 2 aliphatic rings. The molecule has 0 radical (unpaired) electrons. The summed E-state index contributed by atoms with van der Waals surface area (Å²) in [5.74, 6) is 0.668. The van der Waals surface area contributed by atoms with E-state index < -0.39 is 6.04 Å². The van der Waals surface area contributed by atoms with E-state index in [9.17, 15) is 14.0 Å². The van der Waals surface area contributed by atoms with E-state index in [0.717, 1.165) is 44.8 Å². The highest BCUT2D eigenvalue weighted by Crippen LogP contribution is 2.29. The molecule has 2 amide bonds. The Balaban J connectivity index is 1.23. The van der Waals surface area contributed by atoms with Gasteiger partial charge in [0.15, 0.2) is 5.11 Å². The van der Waals surface area contributed by atoms with Gasteiger partial charge in [-0.2, -0.15) is 0 Å². The summed E-state index contributed by atoms with van der Waals surface area (Å²) in [4.78, 5) is 35.0. The summed E-state index contributed by atoms with van der Waals surface area (Å²) >= 11 is 5.85. The number of carbonyl (C=O) groups excluding carboxylic acids is 2. The number of piperazine rings is 1. The average molecular weight is 620 g/mol. The number of benzene rings is 3. The minimum Gasteiger partial charge on any atom is -0.497 e. The van der Waals surface area contributed by atoms with Crippen molar-refractivity contribution in [3.63, 3.8) is 0 Å². The minimum atomic E-state index is -0.720. The zero-order chi connectivity index (χ0) is 31.1. The number of hydrogen-bond donors (Lipinski definition) is 1. The minimum absolute atomic E-state index is 0.0329. The summed E-state index contributed by atoms with van der Waals surface area (Å²) in [5.41, 5.74) is 2.29. The molecule has 2 fully saturated rings. The molecule has 1 atom stereocenters. The lowest BCUT2D eigenvalue weighted by Crippen LogP contribution is -2.47. The van der Waals surface area contributed by atoms with Crippen molar-refractivity contribution < 1.29 is 23.5 Å². The number of anilines is 3. The summed E-state index contributed by atoms with van der Waals surface area (Å²) in [5, 5.41) is 3.29. The van der Waals surface area contributed by atoms with Crippen LogP contribution in [0.5, 0.6) is 11.5 Å². The van der Waals surface area contributed by atoms with Crippen LogP contribution in [-0.2, 0) is 9.59 Å². The Bertz CT molecular complexity index is 1430. The van der Waals surface area contributed by atoms with Crippen LogP contribution in [0.1, 0.15) is 19.8 Å². The van der Waals surface area contributed by atoms with Gasteiger partial charge in [0.2, 0.25) is 5.91 Å². The zero-order valence-electron chi connectivity index (χ0n) is 25.1. The third-order valence-corrected chi connectivity index (χ3v) is 8.33. The number of thiocarbonyl (C=S) groups is 1. The van der Waals surface area contributed by atoms with Crippen molar-refractivity contribution in [2.45, 2.75) is 25.8 Å². The summed E-state index contributed by atoms with van der Waals surface area (Å²) in [6.07, 6.45) is 0.743. The van der Waals surface area contributed by atoms with Gasteiger partial charge >= 0.3 is 0 Å². The van der Waals surface area contributed by atoms with Gasteiger partial charge in [-0.3, -0.25) is 19.4 Å². The first-order valence-corrected chi connectivity index (χ1v) is 15.3. The Morgan fingerprint density at radius 3 is 2.18 bits per heavy atom. The second-order valence-corrected chi connectivity index (χ2v) is 11.1. The molecule has 0 saturated carbocycles. The number of hydrogen-bond acceptors (Lipinski definition) is 7. The van der Waals surface area contributed by atoms with Crippen LogP contribution in [0.2, 0.25) is 0 Å². The molecule has 5 rings (SSSR count). The molecule has 3 aromatic carbocycles. The van der Waals surface area contributed by atoms with E-state index in [1.54, 1.807) is 31.4 Å². The number of nitrogens with one attached hydrogen (secondary N) is 1. The van der Waals surface area contributed by atoms with Crippen LogP contribution in [0, 0.1) is 5.82 Å². The third kappa shape index (κ3) is 7.46. The number of methoxy groups -OCH3 is 1. The van der Waals surface area contributed by atoms with E-state index in [1.165, 1.54) is 17.0 Å². The van der Waals surface area contributed by atoms with Crippen LogP contribution < -0.4 is 24.6 Å². The van der Waals surface area contributed by atoms with Crippen LogP contribution in [-0.4, -0.2) is 85.8 Å². The molecule has 44 heavy (non-hydrogen) atoms. The van der Waals surface area contributed by atoms with Crippen molar-refractivity contribution in [2.75, 3.05) is 68.1 Å². The molecule has 2 saturated heterocycles. The molecule has 0 aromatic heterocycles. The standard InChI is InChI=1S/C33H38FN5O4S/c1-3-43-29-15-11-27(12-16-29)39-32(41)30(23-31(40)35-25-7-13-28(42-2)14-8-25)38(33(39)44)18-4-17-36-19-21-37(22-20-36)26-9-5-24(34)6-10-26/h5-16,30H,3-4,17-23H2,1-2H3,(H,35,40)/t30-/m0/s1. The third-order valence-electron chi connectivity index (χ3n) is 7.91. The van der Waals surface area contributed by atoms with Gasteiger partial charge in [-0.1, -0.05) is 0 Å². The number of rotatable bonds is 12. The van der Waals surface area contributed by atoms with Gasteiger partial charge in [0.05, 0.1) is 25.8 Å². The SMILES string of the molecule is CCOc1ccc(N2C(=O)[C@H](CC(=O)Nc3ccc(OC)cc3)N(CCCN3CCN(c4ccc(F)cc4)CC3)C2=S)cc1. The fourth-order valence-corrected chi connectivity index (χ4v) is 6.01. The Morgan fingerprint density at radius 2 is 1.55 bits per heavy atom. The second-order valence-electron chi connectivity index (χ2n) is 10.7. The molecule has 9 nitrogen and oxygen atoms in total. The highest BCUT2D eigenvalue weighted by Gasteiger charge is 2.44. The fourth-order valence-electron chi connectivity index (χ4n) is 5.59. The predicted octanol–water partition coefficient (Wildman–Crippen LogP) is 4.78. The van der Waals surface area contributed by atoms with Crippen LogP contribution in [0.3, 0.4) is 0 Å². The van der Waals surface area contributed by atoms with E-state index in [0.29, 0.717) is 41.1 Å². The molecule has 0 aliphatic carbocycles. The molecule has 0 bridgehead atoms.